The molecule has 22 heavy (non-hydrogen) atoms. The first-order valence-corrected chi connectivity index (χ1v) is 7.52. The van der Waals surface area contributed by atoms with Crippen LogP contribution in [0.1, 0.15) is 43.1 Å². The number of pyridine rings is 1. The summed E-state index contributed by atoms with van der Waals surface area (Å²) in [5.74, 6) is -1.02. The Kier molecular flexibility index (Phi) is 3.83. The predicted molar refractivity (Wildman–Crippen MR) is 80.5 cm³/mol. The van der Waals surface area contributed by atoms with Crippen molar-refractivity contribution in [1.29, 1.82) is 0 Å². The van der Waals surface area contributed by atoms with Crippen LogP contribution in [0.3, 0.4) is 0 Å². The molecule has 2 aromatic heterocycles. The third-order valence-corrected chi connectivity index (χ3v) is 4.11. The number of amides is 1. The summed E-state index contributed by atoms with van der Waals surface area (Å²) in [5.41, 5.74) is 2.85. The van der Waals surface area contributed by atoms with Crippen molar-refractivity contribution >= 4 is 17.5 Å². The van der Waals surface area contributed by atoms with Crippen LogP contribution < -0.4 is 0 Å². The monoisotopic (exact) mass is 301 g/mol. The molecular weight excluding hydrogens is 282 g/mol. The van der Waals surface area contributed by atoms with E-state index in [1.165, 1.54) is 0 Å². The van der Waals surface area contributed by atoms with Crippen molar-refractivity contribution < 1.29 is 14.7 Å². The minimum Gasteiger partial charge on any atom is -0.481 e. The molecule has 0 saturated carbocycles. The second-order valence-electron chi connectivity index (χ2n) is 5.70. The Morgan fingerprint density at radius 1 is 1.36 bits per heavy atom. The molecule has 6 nitrogen and oxygen atoms in total. The van der Waals surface area contributed by atoms with Crippen molar-refractivity contribution in [3.05, 3.63) is 35.8 Å². The number of hydrogen-bond acceptors (Lipinski definition) is 3. The van der Waals surface area contributed by atoms with Gasteiger partial charge in [0.05, 0.1) is 18.2 Å². The molecule has 1 aliphatic rings. The summed E-state index contributed by atoms with van der Waals surface area (Å²) in [4.78, 5) is 29.2. The first kappa shape index (κ1) is 14.6. The van der Waals surface area contributed by atoms with E-state index in [0.29, 0.717) is 6.54 Å². The van der Waals surface area contributed by atoms with Crippen molar-refractivity contribution in [2.24, 2.45) is 0 Å². The fourth-order valence-corrected chi connectivity index (χ4v) is 3.16. The van der Waals surface area contributed by atoms with Gasteiger partial charge in [-0.2, -0.15) is 0 Å². The quantitative estimate of drug-likeness (QED) is 0.939. The lowest BCUT2D eigenvalue weighted by Gasteiger charge is -2.25. The average Bonchev–Trinajstić information content (AvgIpc) is 3.09. The molecule has 1 unspecified atom stereocenters. The zero-order valence-electron chi connectivity index (χ0n) is 12.5. The molecule has 1 aliphatic heterocycles. The molecule has 3 rings (SSSR count). The molecule has 2 aromatic rings. The molecule has 0 bridgehead atoms. The molecule has 116 valence electrons. The number of carboxylic acids is 1. The lowest BCUT2D eigenvalue weighted by atomic mass is 10.1. The lowest BCUT2D eigenvalue weighted by Crippen LogP contribution is -2.31. The van der Waals surface area contributed by atoms with Crippen LogP contribution in [0.2, 0.25) is 0 Å². The molecule has 0 spiro atoms. The van der Waals surface area contributed by atoms with E-state index in [1.807, 2.05) is 40.6 Å². The van der Waals surface area contributed by atoms with Crippen molar-refractivity contribution in [2.45, 2.75) is 38.6 Å². The number of hydrogen-bond donors (Lipinski definition) is 1. The number of carbonyl (C=O) groups is 2. The van der Waals surface area contributed by atoms with Crippen molar-refractivity contribution in [3.8, 4) is 0 Å². The van der Waals surface area contributed by atoms with E-state index < -0.39 is 5.97 Å². The molecule has 0 aliphatic carbocycles. The zero-order chi connectivity index (χ0) is 15.7. The molecule has 1 N–H and O–H groups in total. The summed E-state index contributed by atoms with van der Waals surface area (Å²) in [6.45, 7) is 2.63. The van der Waals surface area contributed by atoms with E-state index in [4.69, 9.17) is 5.11 Å². The minimum absolute atomic E-state index is 0.00130. The maximum atomic E-state index is 12.3. The first-order valence-electron chi connectivity index (χ1n) is 7.52. The highest BCUT2D eigenvalue weighted by molar-refractivity contribution is 5.81. The Morgan fingerprint density at radius 3 is 2.95 bits per heavy atom. The summed E-state index contributed by atoms with van der Waals surface area (Å²) >= 11 is 0. The largest absolute Gasteiger partial charge is 0.481 e. The number of nitrogens with zero attached hydrogens (tertiary/aromatic N) is 3. The second kappa shape index (κ2) is 5.79. The molecule has 1 amide bonds. The maximum absolute atomic E-state index is 12.3. The average molecular weight is 301 g/mol. The van der Waals surface area contributed by atoms with E-state index in [1.54, 1.807) is 0 Å². The molecular formula is C16H19N3O3. The van der Waals surface area contributed by atoms with Gasteiger partial charge in [-0.05, 0) is 31.9 Å². The highest BCUT2D eigenvalue weighted by Gasteiger charge is 2.31. The van der Waals surface area contributed by atoms with Gasteiger partial charge < -0.3 is 14.4 Å². The molecule has 0 radical (unpaired) electrons. The zero-order valence-corrected chi connectivity index (χ0v) is 12.5. The van der Waals surface area contributed by atoms with Gasteiger partial charge in [0.25, 0.3) is 0 Å². The van der Waals surface area contributed by atoms with Crippen LogP contribution in [-0.4, -0.2) is 37.8 Å². The van der Waals surface area contributed by atoms with E-state index in [9.17, 15) is 9.59 Å². The number of aryl methyl sites for hydroxylation is 1. The topological polar surface area (TPSA) is 74.9 Å². The molecule has 6 heteroatoms. The summed E-state index contributed by atoms with van der Waals surface area (Å²) in [7, 11) is 0. The number of aliphatic carboxylic acids is 1. The summed E-state index contributed by atoms with van der Waals surface area (Å²) in [6, 6.07) is 5.91. The third kappa shape index (κ3) is 2.68. The van der Waals surface area contributed by atoms with Crippen LogP contribution >= 0.6 is 0 Å². The predicted octanol–water partition coefficient (Wildman–Crippen LogP) is 2.17. The Hall–Kier alpha value is -2.37. The van der Waals surface area contributed by atoms with Crippen LogP contribution in [0.4, 0.5) is 0 Å². The van der Waals surface area contributed by atoms with Gasteiger partial charge in [-0.25, -0.2) is 4.98 Å². The Morgan fingerprint density at radius 2 is 2.18 bits per heavy atom. The first-order chi connectivity index (χ1) is 10.6. The summed E-state index contributed by atoms with van der Waals surface area (Å²) in [6.07, 6.45) is 3.76. The van der Waals surface area contributed by atoms with Crippen molar-refractivity contribution in [3.63, 3.8) is 0 Å². The number of carbonyl (C=O) groups excluding carboxylic acids is 1. The van der Waals surface area contributed by atoms with Gasteiger partial charge >= 0.3 is 5.97 Å². The van der Waals surface area contributed by atoms with Gasteiger partial charge in [0.2, 0.25) is 5.91 Å². The Balaban J connectivity index is 1.88. The maximum Gasteiger partial charge on any atom is 0.303 e. The number of imidazole rings is 1. The lowest BCUT2D eigenvalue weighted by molar-refractivity contribution is -0.141. The number of aromatic nitrogens is 2. The van der Waals surface area contributed by atoms with Gasteiger partial charge in [-0.1, -0.05) is 6.07 Å². The standard InChI is InChI=1S/C16H19N3O3/c1-11-10-19-13(4-2-6-14(19)17-11)12-5-3-9-18(12)15(20)7-8-16(21)22/h2,4,6,10,12H,3,5,7-9H2,1H3,(H,21,22). The van der Waals surface area contributed by atoms with E-state index in [-0.39, 0.29) is 24.8 Å². The second-order valence-corrected chi connectivity index (χ2v) is 5.70. The van der Waals surface area contributed by atoms with Gasteiger partial charge in [-0.15, -0.1) is 0 Å². The molecule has 1 fully saturated rings. The SMILES string of the molecule is Cc1cn2c(C3CCCN3C(=O)CCC(=O)O)cccc2n1. The van der Waals surface area contributed by atoms with Crippen LogP contribution in [0.5, 0.6) is 0 Å². The van der Waals surface area contributed by atoms with Gasteiger partial charge in [0.15, 0.2) is 0 Å². The molecule has 0 aromatic carbocycles. The molecule has 3 heterocycles. The molecule has 1 saturated heterocycles. The van der Waals surface area contributed by atoms with E-state index in [2.05, 4.69) is 4.98 Å². The van der Waals surface area contributed by atoms with Crippen LogP contribution in [0, 0.1) is 6.92 Å². The fourth-order valence-electron chi connectivity index (χ4n) is 3.16. The molecule has 1 atom stereocenters. The number of rotatable bonds is 4. The Labute approximate surface area is 128 Å². The van der Waals surface area contributed by atoms with Crippen LogP contribution in [-0.2, 0) is 9.59 Å². The van der Waals surface area contributed by atoms with E-state index >= 15 is 0 Å². The van der Waals surface area contributed by atoms with Crippen molar-refractivity contribution in [1.82, 2.24) is 14.3 Å². The summed E-state index contributed by atoms with van der Waals surface area (Å²) in [5, 5.41) is 8.75. The minimum atomic E-state index is -0.934. The van der Waals surface area contributed by atoms with Crippen LogP contribution in [0.15, 0.2) is 24.4 Å². The van der Waals surface area contributed by atoms with E-state index in [0.717, 1.165) is 29.9 Å². The Bertz CT molecular complexity index is 722. The smallest absolute Gasteiger partial charge is 0.303 e. The van der Waals surface area contributed by atoms with Crippen LogP contribution in [0.25, 0.3) is 5.65 Å². The highest BCUT2D eigenvalue weighted by atomic mass is 16.4. The highest BCUT2D eigenvalue weighted by Crippen LogP contribution is 2.33. The van der Waals surface area contributed by atoms with Crippen molar-refractivity contribution in [2.75, 3.05) is 6.54 Å². The van der Waals surface area contributed by atoms with Gasteiger partial charge in [0, 0.05) is 24.9 Å². The number of fused-ring (bicyclic) bond motifs is 1. The number of likely N-dealkylation sites (tertiary alicyclic amines) is 1. The number of carboxylic acid groups (broad SMARTS) is 1. The summed E-state index contributed by atoms with van der Waals surface area (Å²) < 4.78 is 2.03. The van der Waals surface area contributed by atoms with Gasteiger partial charge in [-0.3, -0.25) is 9.59 Å². The third-order valence-electron chi connectivity index (χ3n) is 4.11. The normalized spacial score (nSPS) is 18.0. The fraction of sp³-hybridized carbons (Fsp3) is 0.438. The van der Waals surface area contributed by atoms with Gasteiger partial charge in [0.1, 0.15) is 5.65 Å².